The summed E-state index contributed by atoms with van der Waals surface area (Å²) in [5, 5.41) is 19.6. The van der Waals surface area contributed by atoms with Gasteiger partial charge in [-0.2, -0.15) is 5.26 Å². The molecule has 2 rings (SSSR count). The number of nitrogens with zero attached hydrogens (tertiary/aromatic N) is 1. The molecular formula is C15H19NO. The van der Waals surface area contributed by atoms with Crippen LogP contribution in [0.1, 0.15) is 38.7 Å². The third-order valence-electron chi connectivity index (χ3n) is 3.69. The van der Waals surface area contributed by atoms with Gasteiger partial charge in [-0.25, -0.2) is 0 Å². The van der Waals surface area contributed by atoms with Gasteiger partial charge in [-0.15, -0.1) is 0 Å². The first-order valence-corrected chi connectivity index (χ1v) is 6.12. The van der Waals surface area contributed by atoms with Crippen molar-refractivity contribution in [3.8, 4) is 6.07 Å². The van der Waals surface area contributed by atoms with Gasteiger partial charge >= 0.3 is 0 Å². The number of nitriles is 1. The van der Waals surface area contributed by atoms with Gasteiger partial charge in [0.25, 0.3) is 0 Å². The largest absolute Gasteiger partial charge is 0.393 e. The summed E-state index contributed by atoms with van der Waals surface area (Å²) in [4.78, 5) is 0. The normalized spacial score (nSPS) is 31.8. The predicted molar refractivity (Wildman–Crippen MR) is 67.4 cm³/mol. The summed E-state index contributed by atoms with van der Waals surface area (Å²) in [6.07, 6.45) is 1.77. The van der Waals surface area contributed by atoms with E-state index in [1.807, 2.05) is 30.3 Å². The van der Waals surface area contributed by atoms with Gasteiger partial charge in [0.2, 0.25) is 0 Å². The zero-order valence-corrected chi connectivity index (χ0v) is 10.5. The van der Waals surface area contributed by atoms with Crippen molar-refractivity contribution in [2.24, 2.45) is 5.41 Å². The maximum Gasteiger partial charge on any atom is 0.0852 e. The van der Waals surface area contributed by atoms with Crippen LogP contribution in [0.2, 0.25) is 0 Å². The quantitative estimate of drug-likeness (QED) is 0.804. The van der Waals surface area contributed by atoms with Crippen molar-refractivity contribution in [3.63, 3.8) is 0 Å². The van der Waals surface area contributed by atoms with Crippen LogP contribution in [-0.4, -0.2) is 11.2 Å². The smallest absolute Gasteiger partial charge is 0.0852 e. The van der Waals surface area contributed by atoms with E-state index in [1.165, 1.54) is 0 Å². The minimum absolute atomic E-state index is 0.0171. The standard InChI is InChI=1S/C15H19NO/c1-14(2)8-13(17)9-15(10-14,11-16)12-6-4-3-5-7-12/h3-7,13,17H,8-10H2,1-2H3. The summed E-state index contributed by atoms with van der Waals surface area (Å²) in [7, 11) is 0. The van der Waals surface area contributed by atoms with Gasteiger partial charge in [0, 0.05) is 0 Å². The van der Waals surface area contributed by atoms with Crippen LogP contribution < -0.4 is 0 Å². The summed E-state index contributed by atoms with van der Waals surface area (Å²) in [6.45, 7) is 4.26. The van der Waals surface area contributed by atoms with Gasteiger partial charge in [0.15, 0.2) is 0 Å². The fourth-order valence-corrected chi connectivity index (χ4v) is 3.20. The van der Waals surface area contributed by atoms with Crippen LogP contribution in [0.25, 0.3) is 0 Å². The van der Waals surface area contributed by atoms with Gasteiger partial charge in [-0.1, -0.05) is 44.2 Å². The van der Waals surface area contributed by atoms with E-state index in [0.717, 1.165) is 18.4 Å². The fourth-order valence-electron chi connectivity index (χ4n) is 3.20. The summed E-state index contributed by atoms with van der Waals surface area (Å²) >= 11 is 0. The summed E-state index contributed by atoms with van der Waals surface area (Å²) in [5.74, 6) is 0. The highest BCUT2D eigenvalue weighted by Crippen LogP contribution is 2.47. The molecule has 1 aromatic rings. The minimum atomic E-state index is -0.525. The second-order valence-electron chi connectivity index (χ2n) is 5.96. The second-order valence-corrected chi connectivity index (χ2v) is 5.96. The zero-order valence-electron chi connectivity index (χ0n) is 10.5. The molecule has 0 saturated heterocycles. The van der Waals surface area contributed by atoms with Crippen molar-refractivity contribution in [1.82, 2.24) is 0 Å². The zero-order chi connectivity index (χ0) is 12.5. The molecule has 90 valence electrons. The Morgan fingerprint density at radius 3 is 2.41 bits per heavy atom. The molecule has 2 heteroatoms. The van der Waals surface area contributed by atoms with E-state index in [9.17, 15) is 10.4 Å². The molecule has 1 saturated carbocycles. The Hall–Kier alpha value is -1.33. The molecule has 2 nitrogen and oxygen atoms in total. The van der Waals surface area contributed by atoms with Crippen molar-refractivity contribution < 1.29 is 5.11 Å². The van der Waals surface area contributed by atoms with E-state index in [-0.39, 0.29) is 11.5 Å². The highest BCUT2D eigenvalue weighted by atomic mass is 16.3. The predicted octanol–water partition coefficient (Wildman–Crippen LogP) is 3.02. The van der Waals surface area contributed by atoms with E-state index in [4.69, 9.17) is 0 Å². The number of rotatable bonds is 1. The lowest BCUT2D eigenvalue weighted by molar-refractivity contribution is 0.0352. The first-order chi connectivity index (χ1) is 7.97. The molecule has 0 aliphatic heterocycles. The van der Waals surface area contributed by atoms with Crippen molar-refractivity contribution in [2.75, 3.05) is 0 Å². The van der Waals surface area contributed by atoms with E-state index >= 15 is 0 Å². The van der Waals surface area contributed by atoms with Gasteiger partial charge in [0.05, 0.1) is 17.6 Å². The molecule has 17 heavy (non-hydrogen) atoms. The molecular weight excluding hydrogens is 210 g/mol. The maximum absolute atomic E-state index is 10.0. The van der Waals surface area contributed by atoms with Gasteiger partial charge in [-0.3, -0.25) is 0 Å². The number of hydrogen-bond acceptors (Lipinski definition) is 2. The lowest BCUT2D eigenvalue weighted by Crippen LogP contribution is -2.42. The average Bonchev–Trinajstić information content (AvgIpc) is 2.27. The highest BCUT2D eigenvalue weighted by Gasteiger charge is 2.45. The van der Waals surface area contributed by atoms with Gasteiger partial charge in [0.1, 0.15) is 0 Å². The number of benzene rings is 1. The average molecular weight is 229 g/mol. The van der Waals surface area contributed by atoms with Crippen LogP contribution >= 0.6 is 0 Å². The molecule has 0 bridgehead atoms. The fraction of sp³-hybridized carbons (Fsp3) is 0.533. The summed E-state index contributed by atoms with van der Waals surface area (Å²) in [5.41, 5.74) is 0.528. The molecule has 2 atom stereocenters. The Labute approximate surface area is 103 Å². The van der Waals surface area contributed by atoms with Crippen LogP contribution in [0, 0.1) is 16.7 Å². The molecule has 1 aromatic carbocycles. The van der Waals surface area contributed by atoms with E-state index in [0.29, 0.717) is 6.42 Å². The Morgan fingerprint density at radius 2 is 1.88 bits per heavy atom. The topological polar surface area (TPSA) is 44.0 Å². The molecule has 1 N–H and O–H groups in total. The first kappa shape index (κ1) is 12.1. The Morgan fingerprint density at radius 1 is 1.24 bits per heavy atom. The molecule has 2 unspecified atom stereocenters. The summed E-state index contributed by atoms with van der Waals surface area (Å²) in [6, 6.07) is 12.3. The van der Waals surface area contributed by atoms with Gasteiger partial charge in [-0.05, 0) is 30.2 Å². The van der Waals surface area contributed by atoms with Crippen LogP contribution in [0.4, 0.5) is 0 Å². The van der Waals surface area contributed by atoms with Crippen LogP contribution in [-0.2, 0) is 5.41 Å². The van der Waals surface area contributed by atoms with Crippen molar-refractivity contribution in [1.29, 1.82) is 5.26 Å². The molecule has 0 radical (unpaired) electrons. The molecule has 0 heterocycles. The van der Waals surface area contributed by atoms with Crippen LogP contribution in [0.3, 0.4) is 0 Å². The number of aliphatic hydroxyl groups excluding tert-OH is 1. The number of aliphatic hydroxyl groups is 1. The monoisotopic (exact) mass is 229 g/mol. The molecule has 1 fully saturated rings. The minimum Gasteiger partial charge on any atom is -0.393 e. The molecule has 1 aliphatic carbocycles. The van der Waals surface area contributed by atoms with Crippen LogP contribution in [0.15, 0.2) is 30.3 Å². The Balaban J connectivity index is 2.42. The molecule has 0 amide bonds. The van der Waals surface area contributed by atoms with Crippen LogP contribution in [0.5, 0.6) is 0 Å². The Bertz CT molecular complexity index is 432. The maximum atomic E-state index is 10.0. The lowest BCUT2D eigenvalue weighted by atomic mass is 9.60. The number of hydrogen-bond donors (Lipinski definition) is 1. The third kappa shape index (κ3) is 2.35. The van der Waals surface area contributed by atoms with Crippen molar-refractivity contribution in [2.45, 2.75) is 44.6 Å². The van der Waals surface area contributed by atoms with Crippen molar-refractivity contribution in [3.05, 3.63) is 35.9 Å². The first-order valence-electron chi connectivity index (χ1n) is 6.12. The van der Waals surface area contributed by atoms with E-state index in [1.54, 1.807) is 0 Å². The highest BCUT2D eigenvalue weighted by molar-refractivity contribution is 5.34. The Kier molecular flexibility index (Phi) is 2.97. The second kappa shape index (κ2) is 4.16. The van der Waals surface area contributed by atoms with E-state index in [2.05, 4.69) is 19.9 Å². The molecule has 0 spiro atoms. The molecule has 0 aromatic heterocycles. The lowest BCUT2D eigenvalue weighted by Gasteiger charge is -2.43. The van der Waals surface area contributed by atoms with E-state index < -0.39 is 5.41 Å². The molecule has 1 aliphatic rings. The SMILES string of the molecule is CC1(C)CC(O)CC(C#N)(c2ccccc2)C1. The van der Waals surface area contributed by atoms with Crippen molar-refractivity contribution >= 4 is 0 Å². The van der Waals surface area contributed by atoms with Gasteiger partial charge < -0.3 is 5.11 Å². The summed E-state index contributed by atoms with van der Waals surface area (Å²) < 4.78 is 0. The third-order valence-corrected chi connectivity index (χ3v) is 3.69.